The first-order valence-corrected chi connectivity index (χ1v) is 22.2. The Kier molecular flexibility index (Phi) is 16.6. The van der Waals surface area contributed by atoms with E-state index >= 15 is 0 Å². The van der Waals surface area contributed by atoms with Gasteiger partial charge in [0.05, 0.1) is 11.5 Å². The highest BCUT2D eigenvalue weighted by molar-refractivity contribution is 5.91. The average Bonchev–Trinajstić information content (AvgIpc) is 3.62. The van der Waals surface area contributed by atoms with Crippen LogP contribution in [0.5, 0.6) is 0 Å². The van der Waals surface area contributed by atoms with E-state index in [0.29, 0.717) is 0 Å². The van der Waals surface area contributed by atoms with Crippen LogP contribution in [0.2, 0.25) is 0 Å². The van der Waals surface area contributed by atoms with E-state index in [2.05, 4.69) is 222 Å². The van der Waals surface area contributed by atoms with Crippen molar-refractivity contribution in [2.24, 2.45) is 0 Å². The summed E-state index contributed by atoms with van der Waals surface area (Å²) in [5.41, 5.74) is 18.1. The van der Waals surface area contributed by atoms with Crippen molar-refractivity contribution in [3.63, 3.8) is 0 Å². The van der Waals surface area contributed by atoms with E-state index in [-0.39, 0.29) is 6.04 Å². The van der Waals surface area contributed by atoms with Crippen LogP contribution in [0.15, 0.2) is 235 Å². The second kappa shape index (κ2) is 22.2. The molecule has 0 saturated carbocycles. The number of hydrogen-bond donors (Lipinski definition) is 1. The van der Waals surface area contributed by atoms with Gasteiger partial charge in [0, 0.05) is 5.70 Å². The SMILES string of the molecule is C=C/C=C(\C=C/C)C(/C)=C/C(=C\C)C1=CC(c2cccc(-c3ccccc3)c2)=CC(c2ccc3c(c2)C2=C(CCC=C2)C3(C(/C=C\C)=C/C=C)c2ccccc2)N1.CC.CC. The molecule has 1 heterocycles. The minimum atomic E-state index is -0.413. The zero-order valence-corrected chi connectivity index (χ0v) is 37.8. The van der Waals surface area contributed by atoms with E-state index in [9.17, 15) is 0 Å². The molecule has 0 amide bonds. The Labute approximate surface area is 368 Å². The molecule has 0 bridgehead atoms. The molecule has 1 aliphatic heterocycles. The summed E-state index contributed by atoms with van der Waals surface area (Å²) >= 11 is 0. The number of fused-ring (bicyclic) bond motifs is 2. The lowest BCUT2D eigenvalue weighted by atomic mass is 9.64. The van der Waals surface area contributed by atoms with Crippen molar-refractivity contribution in [2.75, 3.05) is 0 Å². The van der Waals surface area contributed by atoms with Crippen LogP contribution in [0.4, 0.5) is 0 Å². The number of hydrogen-bond acceptors (Lipinski definition) is 1. The largest absolute Gasteiger partial charge is 0.374 e. The standard InChI is InChI=1S/C56H53N.2C2H6/c1-7-21-42(22-8-2)40(6)35-41(11-5)54-38-47(45-28-20-27-44(36-45)43-25-14-12-15-26-43)39-55(57-54)46-33-34-53-51(37-46)50-31-18-19-32-52(50)56(53,48(23-9-3)24-10-4)49-29-16-13-17-30-49;2*1-2/h7-18,20-31,33-39,55,57H,1,3,19,32H2,2,4-6H3;2*1-2H3/b22-8-,24-10-,40-35+,41-11+,42-21+,48-23+;;. The summed E-state index contributed by atoms with van der Waals surface area (Å²) in [6.45, 7) is 24.6. The molecule has 7 rings (SSSR count). The van der Waals surface area contributed by atoms with Gasteiger partial charge in [-0.05, 0) is 149 Å². The Balaban J connectivity index is 0.00000171. The second-order valence-corrected chi connectivity index (χ2v) is 14.8. The van der Waals surface area contributed by atoms with E-state index < -0.39 is 5.41 Å². The third kappa shape index (κ3) is 9.64. The first kappa shape index (κ1) is 45.6. The van der Waals surface area contributed by atoms with E-state index in [4.69, 9.17) is 0 Å². The highest BCUT2D eigenvalue weighted by Gasteiger charge is 2.48. The van der Waals surface area contributed by atoms with Gasteiger partial charge < -0.3 is 5.32 Å². The number of dihydropyridines is 1. The van der Waals surface area contributed by atoms with Gasteiger partial charge in [-0.1, -0.05) is 199 Å². The topological polar surface area (TPSA) is 12.0 Å². The summed E-state index contributed by atoms with van der Waals surface area (Å²) in [6, 6.07) is 37.8. The molecule has 0 aromatic heterocycles. The quantitative estimate of drug-likeness (QED) is 0.141. The molecule has 2 unspecified atom stereocenters. The van der Waals surface area contributed by atoms with Crippen LogP contribution in [0.1, 0.15) is 102 Å². The van der Waals surface area contributed by atoms with E-state index in [1.54, 1.807) is 0 Å². The van der Waals surface area contributed by atoms with Crippen LogP contribution in [-0.2, 0) is 5.41 Å². The normalized spacial score (nSPS) is 18.9. The molecule has 310 valence electrons. The fraction of sp³-hybridized carbons (Fsp3) is 0.200. The van der Waals surface area contributed by atoms with Crippen LogP contribution in [0.25, 0.3) is 22.3 Å². The molecule has 61 heavy (non-hydrogen) atoms. The Hall–Kier alpha value is -6.44. The number of allylic oxidation sites excluding steroid dienone is 19. The Bertz CT molecular complexity index is 2480. The summed E-state index contributed by atoms with van der Waals surface area (Å²) < 4.78 is 0. The summed E-state index contributed by atoms with van der Waals surface area (Å²) in [4.78, 5) is 0. The van der Waals surface area contributed by atoms with Crippen molar-refractivity contribution in [3.05, 3.63) is 263 Å². The monoisotopic (exact) mass is 800 g/mol. The van der Waals surface area contributed by atoms with Crippen LogP contribution >= 0.6 is 0 Å². The molecule has 1 heteroatoms. The van der Waals surface area contributed by atoms with Gasteiger partial charge >= 0.3 is 0 Å². The van der Waals surface area contributed by atoms with Crippen molar-refractivity contribution in [1.82, 2.24) is 5.32 Å². The van der Waals surface area contributed by atoms with Crippen LogP contribution in [-0.4, -0.2) is 0 Å². The molecule has 1 nitrogen and oxygen atoms in total. The Morgan fingerprint density at radius 2 is 1.41 bits per heavy atom. The molecule has 2 aliphatic carbocycles. The smallest absolute Gasteiger partial charge is 0.0707 e. The lowest BCUT2D eigenvalue weighted by molar-refractivity contribution is 0.691. The third-order valence-electron chi connectivity index (χ3n) is 11.4. The van der Waals surface area contributed by atoms with Gasteiger partial charge in [0.2, 0.25) is 0 Å². The van der Waals surface area contributed by atoms with Gasteiger partial charge in [-0.15, -0.1) is 0 Å². The zero-order chi connectivity index (χ0) is 43.8. The minimum absolute atomic E-state index is 0.0740. The number of benzene rings is 4. The van der Waals surface area contributed by atoms with Gasteiger partial charge in [0.25, 0.3) is 0 Å². The molecular weight excluding hydrogens is 735 g/mol. The van der Waals surface area contributed by atoms with Gasteiger partial charge in [0.15, 0.2) is 0 Å². The molecule has 4 aromatic rings. The molecule has 3 aliphatic rings. The molecule has 0 radical (unpaired) electrons. The molecular formula is C60H65N. The lowest BCUT2D eigenvalue weighted by Gasteiger charge is -2.37. The Morgan fingerprint density at radius 3 is 2.08 bits per heavy atom. The molecule has 1 N–H and O–H groups in total. The van der Waals surface area contributed by atoms with Crippen molar-refractivity contribution < 1.29 is 0 Å². The fourth-order valence-corrected chi connectivity index (χ4v) is 8.83. The first-order chi connectivity index (χ1) is 30.0. The second-order valence-electron chi connectivity index (χ2n) is 14.8. The highest BCUT2D eigenvalue weighted by atomic mass is 14.9. The van der Waals surface area contributed by atoms with Crippen molar-refractivity contribution >= 4 is 11.1 Å². The predicted molar refractivity (Wildman–Crippen MR) is 269 cm³/mol. The van der Waals surface area contributed by atoms with Gasteiger partial charge in [-0.2, -0.15) is 0 Å². The van der Waals surface area contributed by atoms with Crippen molar-refractivity contribution in [3.8, 4) is 11.1 Å². The molecule has 0 saturated heterocycles. The third-order valence-corrected chi connectivity index (χ3v) is 11.4. The maximum absolute atomic E-state index is 4.16. The predicted octanol–water partition coefficient (Wildman–Crippen LogP) is 16.7. The van der Waals surface area contributed by atoms with E-state index in [1.165, 1.54) is 66.8 Å². The van der Waals surface area contributed by atoms with Crippen LogP contribution in [0, 0.1) is 0 Å². The number of rotatable bonds is 12. The zero-order valence-electron chi connectivity index (χ0n) is 37.8. The van der Waals surface area contributed by atoms with Gasteiger partial charge in [-0.3, -0.25) is 0 Å². The van der Waals surface area contributed by atoms with E-state index in [0.717, 1.165) is 29.7 Å². The van der Waals surface area contributed by atoms with Gasteiger partial charge in [0.1, 0.15) is 0 Å². The first-order valence-electron chi connectivity index (χ1n) is 22.2. The van der Waals surface area contributed by atoms with Gasteiger partial charge in [-0.25, -0.2) is 0 Å². The summed E-state index contributed by atoms with van der Waals surface area (Å²) in [5, 5.41) is 4.00. The fourth-order valence-electron chi connectivity index (χ4n) is 8.83. The van der Waals surface area contributed by atoms with Crippen molar-refractivity contribution in [2.45, 2.75) is 79.7 Å². The maximum atomic E-state index is 4.16. The van der Waals surface area contributed by atoms with Crippen LogP contribution in [0.3, 0.4) is 0 Å². The number of nitrogens with one attached hydrogen (secondary N) is 1. The summed E-state index contributed by atoms with van der Waals surface area (Å²) in [6.07, 6.45) is 32.7. The summed E-state index contributed by atoms with van der Waals surface area (Å²) in [5.74, 6) is 0. The molecule has 0 spiro atoms. The molecule has 0 fully saturated rings. The average molecular weight is 800 g/mol. The lowest BCUT2D eigenvalue weighted by Crippen LogP contribution is -2.31. The molecule has 4 aromatic carbocycles. The Morgan fingerprint density at radius 1 is 0.738 bits per heavy atom. The minimum Gasteiger partial charge on any atom is -0.374 e. The van der Waals surface area contributed by atoms with E-state index in [1.807, 2.05) is 39.8 Å². The van der Waals surface area contributed by atoms with Crippen LogP contribution < -0.4 is 5.32 Å². The molecule has 2 atom stereocenters. The van der Waals surface area contributed by atoms with Crippen molar-refractivity contribution in [1.29, 1.82) is 0 Å². The maximum Gasteiger partial charge on any atom is 0.0707 e. The highest BCUT2D eigenvalue weighted by Crippen LogP contribution is 2.58. The summed E-state index contributed by atoms with van der Waals surface area (Å²) in [7, 11) is 0.